The lowest BCUT2D eigenvalue weighted by Gasteiger charge is -2.24. The number of carboxylic acids is 1. The molecule has 35 heteroatoms. The number of aromatic carboxylic acids is 1. The van der Waals surface area contributed by atoms with Crippen molar-refractivity contribution in [1.82, 2.24) is 39.9 Å². The Labute approximate surface area is 845 Å². The molecule has 0 saturated carbocycles. The number of para-hydroxylation sites is 8. The monoisotopic (exact) mass is 1980 g/mol. The van der Waals surface area contributed by atoms with Crippen LogP contribution >= 0.6 is 0 Å². The molecule has 8 aromatic carbocycles. The van der Waals surface area contributed by atoms with Crippen LogP contribution in [0, 0.1) is 10.1 Å². The predicted octanol–water partition coefficient (Wildman–Crippen LogP) is 23.9. The quantitative estimate of drug-likeness (QED) is 0.0206. The number of nitrogens with one attached hydrogen (secondary N) is 7. The summed E-state index contributed by atoms with van der Waals surface area (Å²) >= 11 is 0. The van der Waals surface area contributed by atoms with E-state index in [2.05, 4.69) is 47.2 Å². The fourth-order valence-corrected chi connectivity index (χ4v) is 16.1. The minimum absolute atomic E-state index is 0.0755. The van der Waals surface area contributed by atoms with Crippen molar-refractivity contribution in [2.45, 2.75) is 211 Å². The highest BCUT2D eigenvalue weighted by Gasteiger charge is 2.34. The van der Waals surface area contributed by atoms with Gasteiger partial charge in [0.05, 0.1) is 83.4 Å². The Morgan fingerprint density at radius 3 is 0.510 bits per heavy atom. The molecule has 8 heterocycles. The molecule has 0 aliphatic heterocycles. The molecule has 0 unspecified atom stereocenters. The number of pyridine rings is 8. The van der Waals surface area contributed by atoms with Crippen LogP contribution in [0.3, 0.4) is 0 Å². The van der Waals surface area contributed by atoms with Crippen LogP contribution in [0.1, 0.15) is 250 Å². The molecule has 0 atom stereocenters. The first-order valence-electron chi connectivity index (χ1n) is 47.4. The van der Waals surface area contributed by atoms with Crippen LogP contribution in [-0.2, 0) is 0 Å². The van der Waals surface area contributed by atoms with Crippen molar-refractivity contribution in [3.63, 3.8) is 0 Å². The maximum absolute atomic E-state index is 15.4. The van der Waals surface area contributed by atoms with Crippen molar-refractivity contribution in [2.24, 2.45) is 0 Å². The number of nitro groups is 1. The molecule has 0 aliphatic carbocycles. The van der Waals surface area contributed by atoms with Crippen LogP contribution in [-0.4, -0.2) is 142 Å². The zero-order valence-corrected chi connectivity index (χ0v) is 85.8. The number of carboxylic acid groups (broad SMARTS) is 1. The Morgan fingerprint density at radius 1 is 0.224 bits per heavy atom. The van der Waals surface area contributed by atoms with Gasteiger partial charge in [-0.3, -0.25) is 43.7 Å². The molecule has 8 N–H and O–H groups in total. The van der Waals surface area contributed by atoms with Gasteiger partial charge in [-0.05, 0) is 257 Å². The lowest BCUT2D eigenvalue weighted by atomic mass is 10.1. The summed E-state index contributed by atoms with van der Waals surface area (Å²) in [4.78, 5) is 168. The van der Waals surface area contributed by atoms with E-state index >= 15 is 24.0 Å². The van der Waals surface area contributed by atoms with Crippen LogP contribution in [0.15, 0.2) is 194 Å². The van der Waals surface area contributed by atoms with Crippen LogP contribution < -0.4 is 75.1 Å². The molecule has 754 valence electrons. The summed E-state index contributed by atoms with van der Waals surface area (Å²) < 4.78 is 51.9. The molecule has 0 aliphatic rings. The fraction of sp³-hybridized carbons (Fsp3) is 0.286. The lowest BCUT2D eigenvalue weighted by Crippen LogP contribution is -2.24. The van der Waals surface area contributed by atoms with Gasteiger partial charge >= 0.3 is 5.97 Å². The van der Waals surface area contributed by atoms with E-state index < -0.39 is 97.1 Å². The molecule has 35 nitrogen and oxygen atoms in total. The van der Waals surface area contributed by atoms with Gasteiger partial charge in [-0.25, -0.2) is 44.7 Å². The highest BCUT2D eigenvalue weighted by atomic mass is 16.6. The standard InChI is InChI=1S/C112H112N16O19/c1-105(2,3)140-81-49-72(113-90-58(81)34-26-42-66(90)122-99(131)74-51-83(142-107(7,8)9)60-36-28-44-68(92(60)115-74)124-101(133)76-53-85(144-109(13,14)15)62-38-30-46-70(94(62)117-76)126-103(135)78-55-87(146-111(19,20)21)64-40-32-48-80(128(138)139)96(64)119-78)97(129)121-65-41-25-33-57-82(141-106(4,5)6)50-73(114-89(57)65)98(130)123-67-43-27-35-59-84(143-108(10,11)12)52-75(116-91(59)67)100(132)125-69-45-29-37-61-86(145-110(16,17)18)54-77(118-93(61)69)102(134)127-71-47-31-39-63-88(147-112(22,23)24)56-79(104(136)137)120-95(63)71/h25-56H,1-24H3,(H,121,129)(H,122,131)(H,123,130)(H,124,133)(H,125,132)(H,126,135)(H,127,134)(H,136,137). The first-order chi connectivity index (χ1) is 68.8. The first-order valence-corrected chi connectivity index (χ1v) is 47.4. The maximum Gasteiger partial charge on any atom is 0.354 e. The summed E-state index contributed by atoms with van der Waals surface area (Å²) in [7, 11) is 0. The molecule has 7 amide bonds. The molecule has 0 bridgehead atoms. The fourth-order valence-electron chi connectivity index (χ4n) is 16.1. The van der Waals surface area contributed by atoms with Gasteiger partial charge in [0.1, 0.15) is 131 Å². The molecular formula is C112H112N16O19. The topological polar surface area (TPSA) is 461 Å². The second kappa shape index (κ2) is 38.7. The van der Waals surface area contributed by atoms with Crippen molar-refractivity contribution in [3.8, 4) is 46.0 Å². The van der Waals surface area contributed by atoms with Gasteiger partial charge < -0.3 is 80.2 Å². The molecule has 0 spiro atoms. The minimum atomic E-state index is -1.31. The van der Waals surface area contributed by atoms with Gasteiger partial charge in [-0.15, -0.1) is 0 Å². The molecule has 0 radical (unpaired) electrons. The van der Waals surface area contributed by atoms with Crippen LogP contribution in [0.5, 0.6) is 46.0 Å². The van der Waals surface area contributed by atoms with Crippen molar-refractivity contribution >= 4 is 180 Å². The van der Waals surface area contributed by atoms with E-state index in [9.17, 15) is 29.6 Å². The van der Waals surface area contributed by atoms with Gasteiger partial charge in [0.25, 0.3) is 47.0 Å². The number of hydrogen-bond acceptors (Lipinski definition) is 26. The summed E-state index contributed by atoms with van der Waals surface area (Å²) in [5, 5.41) is 46.4. The van der Waals surface area contributed by atoms with E-state index in [0.717, 1.165) is 0 Å². The van der Waals surface area contributed by atoms with Crippen LogP contribution in [0.4, 0.5) is 45.5 Å². The zero-order valence-electron chi connectivity index (χ0n) is 85.8. The Kier molecular flexibility index (Phi) is 27.0. The lowest BCUT2D eigenvalue weighted by molar-refractivity contribution is -0.383. The number of amides is 7. The summed E-state index contributed by atoms with van der Waals surface area (Å²) in [6.07, 6.45) is 0. The molecule has 0 saturated heterocycles. The van der Waals surface area contributed by atoms with Gasteiger partial charge in [-0.1, -0.05) is 48.5 Å². The Balaban J connectivity index is 0.704. The second-order valence-corrected chi connectivity index (χ2v) is 43.1. The molecule has 147 heavy (non-hydrogen) atoms. The summed E-state index contributed by atoms with van der Waals surface area (Å²) in [5.74, 6) is -4.96. The number of benzene rings is 8. The van der Waals surface area contributed by atoms with E-state index in [1.807, 2.05) is 145 Å². The number of fused-ring (bicyclic) bond motifs is 8. The molecule has 16 rings (SSSR count). The second-order valence-electron chi connectivity index (χ2n) is 43.1. The number of ether oxygens (including phenoxy) is 8. The highest BCUT2D eigenvalue weighted by molar-refractivity contribution is 6.19. The number of nitro benzene ring substituents is 1. The Bertz CT molecular complexity index is 8050. The van der Waals surface area contributed by atoms with E-state index in [4.69, 9.17) is 67.8 Å². The van der Waals surface area contributed by atoms with Crippen LogP contribution in [0.2, 0.25) is 0 Å². The van der Waals surface area contributed by atoms with E-state index in [0.29, 0.717) is 43.1 Å². The van der Waals surface area contributed by atoms with Crippen molar-refractivity contribution < 1.29 is 86.3 Å². The maximum atomic E-state index is 15.4. The third kappa shape index (κ3) is 23.7. The third-order valence-corrected chi connectivity index (χ3v) is 21.5. The van der Waals surface area contributed by atoms with Gasteiger partial charge in [0.2, 0.25) is 0 Å². The summed E-state index contributed by atoms with van der Waals surface area (Å²) in [5.41, 5.74) is -6.93. The zero-order chi connectivity index (χ0) is 106. The SMILES string of the molecule is CC(C)(C)Oc1cc(C(=O)O)nc2c(NC(=O)c3cc(OC(C)(C)C)c4cccc(NC(=O)c5cc(OC(C)(C)C)c6cccc(NC(=O)c7cc(OC(C)(C)C)c8cccc(NC(=O)c9cc(OC(C)(C)C)c%10cccc(NC(=O)c%11cc(OC(C)(C)C)c%12cccc(NC(=O)c%13cc(OC(C)(C)C)c%14cccc(NC(=O)c%15cc(OC(C)(C)C)c%16cccc([N+](=O)[O-])c%16n%15)c%14n%13)c%12n%11)c%10n9)c8n7)c6n5)c4n3)cccc12. The number of hydrogen-bond donors (Lipinski definition) is 8. The summed E-state index contributed by atoms with van der Waals surface area (Å²) in [6.45, 7) is 43.7. The predicted molar refractivity (Wildman–Crippen MR) is 566 cm³/mol. The number of aromatic nitrogens is 8. The number of anilines is 7. The van der Waals surface area contributed by atoms with Gasteiger partial charge in [-0.2, -0.15) is 0 Å². The van der Waals surface area contributed by atoms with E-state index in [1.165, 1.54) is 60.7 Å². The molecule has 8 aromatic heterocycles. The smallest absolute Gasteiger partial charge is 0.354 e. The summed E-state index contributed by atoms with van der Waals surface area (Å²) in [6, 6.07) is 50.9. The normalized spacial score (nSPS) is 12.2. The third-order valence-electron chi connectivity index (χ3n) is 21.5. The Hall–Kier alpha value is -17.4. The van der Waals surface area contributed by atoms with E-state index in [-0.39, 0.29) is 181 Å². The van der Waals surface area contributed by atoms with Crippen LogP contribution in [0.25, 0.3) is 87.2 Å². The first kappa shape index (κ1) is 103. The largest absolute Gasteiger partial charge is 0.487 e. The van der Waals surface area contributed by atoms with E-state index in [1.54, 1.807) is 154 Å². The average molecular weight is 1990 g/mol. The highest BCUT2D eigenvalue weighted by Crippen LogP contribution is 2.45. The minimum Gasteiger partial charge on any atom is -0.487 e. The number of nitrogens with zero attached hydrogens (tertiary/aromatic N) is 9. The van der Waals surface area contributed by atoms with Crippen molar-refractivity contribution in [2.75, 3.05) is 37.2 Å². The number of non-ortho nitro benzene ring substituents is 1. The van der Waals surface area contributed by atoms with Gasteiger partial charge in [0.15, 0.2) is 11.2 Å². The number of carbonyl (C=O) groups excluding carboxylic acids is 7. The number of carbonyl (C=O) groups is 8. The molecular weight excluding hydrogens is 1870 g/mol. The van der Waals surface area contributed by atoms with Crippen molar-refractivity contribution in [3.05, 3.63) is 250 Å². The van der Waals surface area contributed by atoms with Crippen molar-refractivity contribution in [1.29, 1.82) is 0 Å². The molecule has 16 aromatic rings. The molecule has 0 fully saturated rings. The van der Waals surface area contributed by atoms with Gasteiger partial charge in [0, 0.05) is 97.7 Å². The average Bonchev–Trinajstić information content (AvgIpc) is 0.791. The number of rotatable bonds is 24. The Morgan fingerprint density at radius 2 is 0.361 bits per heavy atom.